The number of carboxylic acids is 1. The lowest BCUT2D eigenvalue weighted by Gasteiger charge is -2.44. The van der Waals surface area contributed by atoms with Crippen molar-refractivity contribution in [2.45, 2.75) is 44.4 Å². The van der Waals surface area contributed by atoms with Crippen molar-refractivity contribution in [1.29, 1.82) is 0 Å². The molecule has 1 N–H and O–H groups in total. The van der Waals surface area contributed by atoms with Gasteiger partial charge in [-0.25, -0.2) is 9.59 Å². The van der Waals surface area contributed by atoms with E-state index in [4.69, 9.17) is 4.74 Å². The number of nitrogens with zero attached hydrogens (tertiary/aromatic N) is 1. The molecule has 2 heterocycles. The number of piperidine rings is 1. The van der Waals surface area contributed by atoms with E-state index in [1.807, 2.05) is 41.3 Å². The van der Waals surface area contributed by atoms with Gasteiger partial charge in [0.1, 0.15) is 6.61 Å². The molecule has 2 aliphatic heterocycles. The molecule has 4 rings (SSSR count). The second-order valence-corrected chi connectivity index (χ2v) is 7.38. The molecule has 1 fully saturated rings. The van der Waals surface area contributed by atoms with E-state index >= 15 is 0 Å². The molecule has 0 aliphatic carbocycles. The summed E-state index contributed by atoms with van der Waals surface area (Å²) in [6, 6.07) is 16.8. The Bertz CT molecular complexity index is 906. The van der Waals surface area contributed by atoms with Crippen LogP contribution in [0.5, 0.6) is 0 Å². The predicted molar refractivity (Wildman–Crippen MR) is 106 cm³/mol. The third-order valence-corrected chi connectivity index (χ3v) is 5.53. The van der Waals surface area contributed by atoms with Crippen LogP contribution < -0.4 is 0 Å². The number of carbonyl (C=O) groups is 2. The van der Waals surface area contributed by atoms with E-state index in [1.165, 1.54) is 0 Å². The first kappa shape index (κ1) is 18.3. The van der Waals surface area contributed by atoms with Crippen LogP contribution in [0, 0.1) is 0 Å². The zero-order valence-electron chi connectivity index (χ0n) is 15.6. The standard InChI is InChI=1S/C23H23NO4/c25-22(26)18-9-4-8-17(12-18)19-13-20-10-5-11-21(14-19)24(20)23(27)28-15-16-6-2-1-3-7-16/h1-4,6-9,12-13,20-21H,5,10-11,14-15H2,(H,25,26). The van der Waals surface area contributed by atoms with Gasteiger partial charge in [0.2, 0.25) is 0 Å². The summed E-state index contributed by atoms with van der Waals surface area (Å²) in [6.45, 7) is 0.271. The van der Waals surface area contributed by atoms with E-state index in [0.717, 1.165) is 42.4 Å². The average Bonchev–Trinajstić information content (AvgIpc) is 2.72. The van der Waals surface area contributed by atoms with Gasteiger partial charge in [0.05, 0.1) is 11.6 Å². The second-order valence-electron chi connectivity index (χ2n) is 7.38. The Hall–Kier alpha value is -3.08. The minimum atomic E-state index is -0.926. The van der Waals surface area contributed by atoms with E-state index < -0.39 is 5.97 Å². The Morgan fingerprint density at radius 3 is 2.64 bits per heavy atom. The van der Waals surface area contributed by atoms with Crippen molar-refractivity contribution in [3.8, 4) is 0 Å². The van der Waals surface area contributed by atoms with Gasteiger partial charge < -0.3 is 9.84 Å². The molecule has 0 spiro atoms. The van der Waals surface area contributed by atoms with Crippen LogP contribution in [-0.2, 0) is 11.3 Å². The quantitative estimate of drug-likeness (QED) is 0.836. The Kier molecular flexibility index (Phi) is 5.15. The van der Waals surface area contributed by atoms with Crippen LogP contribution in [-0.4, -0.2) is 34.2 Å². The number of fused-ring (bicyclic) bond motifs is 2. The van der Waals surface area contributed by atoms with Crippen LogP contribution in [0.4, 0.5) is 4.79 Å². The highest BCUT2D eigenvalue weighted by Crippen LogP contribution is 2.37. The number of benzene rings is 2. The summed E-state index contributed by atoms with van der Waals surface area (Å²) >= 11 is 0. The summed E-state index contributed by atoms with van der Waals surface area (Å²) in [5.74, 6) is -0.926. The minimum absolute atomic E-state index is 0.000687. The van der Waals surface area contributed by atoms with E-state index in [0.29, 0.717) is 0 Å². The van der Waals surface area contributed by atoms with Crippen LogP contribution in [0.25, 0.3) is 5.57 Å². The molecule has 0 aromatic heterocycles. The van der Waals surface area contributed by atoms with Gasteiger partial charge in [0.15, 0.2) is 0 Å². The maximum Gasteiger partial charge on any atom is 0.410 e. The Labute approximate surface area is 164 Å². The van der Waals surface area contributed by atoms with Crippen molar-refractivity contribution in [1.82, 2.24) is 4.90 Å². The summed E-state index contributed by atoms with van der Waals surface area (Å²) in [7, 11) is 0. The fraction of sp³-hybridized carbons (Fsp3) is 0.304. The third-order valence-electron chi connectivity index (χ3n) is 5.53. The molecule has 5 heteroatoms. The van der Waals surface area contributed by atoms with Crippen LogP contribution in [0.3, 0.4) is 0 Å². The highest BCUT2D eigenvalue weighted by molar-refractivity contribution is 5.89. The molecule has 0 radical (unpaired) electrons. The maximum absolute atomic E-state index is 12.8. The Morgan fingerprint density at radius 2 is 1.89 bits per heavy atom. The molecule has 2 aromatic carbocycles. The van der Waals surface area contributed by atoms with Crippen LogP contribution in [0.1, 0.15) is 47.2 Å². The molecular weight excluding hydrogens is 354 g/mol. The highest BCUT2D eigenvalue weighted by atomic mass is 16.6. The maximum atomic E-state index is 12.8. The topological polar surface area (TPSA) is 66.8 Å². The summed E-state index contributed by atoms with van der Waals surface area (Å²) in [4.78, 5) is 25.9. The summed E-state index contributed by atoms with van der Waals surface area (Å²) in [5.41, 5.74) is 3.30. The number of aromatic carboxylic acids is 1. The first-order valence-corrected chi connectivity index (χ1v) is 9.65. The van der Waals surface area contributed by atoms with Crippen molar-refractivity contribution in [2.24, 2.45) is 0 Å². The molecular formula is C23H23NO4. The fourth-order valence-electron chi connectivity index (χ4n) is 4.17. The van der Waals surface area contributed by atoms with Gasteiger partial charge >= 0.3 is 12.1 Å². The van der Waals surface area contributed by atoms with E-state index in [9.17, 15) is 14.7 Å². The SMILES string of the molecule is O=C(O)c1cccc(C2=CC3CCCC(C2)N3C(=O)OCc2ccccc2)c1. The van der Waals surface area contributed by atoms with Crippen LogP contribution >= 0.6 is 0 Å². The van der Waals surface area contributed by atoms with Crippen molar-refractivity contribution in [3.63, 3.8) is 0 Å². The number of ether oxygens (including phenoxy) is 1. The largest absolute Gasteiger partial charge is 0.478 e. The summed E-state index contributed by atoms with van der Waals surface area (Å²) in [5, 5.41) is 9.25. The molecule has 28 heavy (non-hydrogen) atoms. The molecule has 2 atom stereocenters. The van der Waals surface area contributed by atoms with Gasteiger partial charge in [-0.2, -0.15) is 0 Å². The summed E-state index contributed by atoms with van der Waals surface area (Å²) in [6.07, 6.45) is 5.48. The molecule has 0 saturated carbocycles. The zero-order valence-corrected chi connectivity index (χ0v) is 15.6. The Morgan fingerprint density at radius 1 is 1.07 bits per heavy atom. The number of hydrogen-bond donors (Lipinski definition) is 1. The van der Waals surface area contributed by atoms with Gasteiger partial charge in [0, 0.05) is 6.04 Å². The second kappa shape index (κ2) is 7.89. The fourth-order valence-corrected chi connectivity index (χ4v) is 4.17. The van der Waals surface area contributed by atoms with Crippen molar-refractivity contribution in [2.75, 3.05) is 0 Å². The molecule has 2 bridgehead atoms. The monoisotopic (exact) mass is 377 g/mol. The first-order valence-electron chi connectivity index (χ1n) is 9.65. The van der Waals surface area contributed by atoms with Gasteiger partial charge in [-0.15, -0.1) is 0 Å². The normalized spacial score (nSPS) is 21.0. The lowest BCUT2D eigenvalue weighted by molar-refractivity contribution is 0.0510. The number of carbonyl (C=O) groups excluding carboxylic acids is 1. The minimum Gasteiger partial charge on any atom is -0.478 e. The van der Waals surface area contributed by atoms with E-state index in [1.54, 1.807) is 18.2 Å². The molecule has 1 saturated heterocycles. The molecule has 2 aromatic rings. The third kappa shape index (κ3) is 3.79. The number of rotatable bonds is 4. The molecule has 144 valence electrons. The molecule has 5 nitrogen and oxygen atoms in total. The zero-order chi connectivity index (χ0) is 19.5. The van der Waals surface area contributed by atoms with Crippen LogP contribution in [0.2, 0.25) is 0 Å². The highest BCUT2D eigenvalue weighted by Gasteiger charge is 2.38. The van der Waals surface area contributed by atoms with Crippen molar-refractivity contribution in [3.05, 3.63) is 77.4 Å². The number of carboxylic acid groups (broad SMARTS) is 1. The van der Waals surface area contributed by atoms with Gasteiger partial charge in [-0.05, 0) is 54.5 Å². The molecule has 2 unspecified atom stereocenters. The molecule has 2 aliphatic rings. The van der Waals surface area contributed by atoms with Gasteiger partial charge in [-0.1, -0.05) is 48.5 Å². The van der Waals surface area contributed by atoms with Crippen molar-refractivity contribution >= 4 is 17.6 Å². The first-order chi connectivity index (χ1) is 13.6. The lowest BCUT2D eigenvalue weighted by Crippen LogP contribution is -2.51. The Balaban J connectivity index is 1.52. The molecule has 1 amide bonds. The van der Waals surface area contributed by atoms with Gasteiger partial charge in [0.25, 0.3) is 0 Å². The van der Waals surface area contributed by atoms with Crippen LogP contribution in [0.15, 0.2) is 60.7 Å². The number of amides is 1. The van der Waals surface area contributed by atoms with E-state index in [-0.39, 0.29) is 30.3 Å². The van der Waals surface area contributed by atoms with Gasteiger partial charge in [-0.3, -0.25) is 4.90 Å². The predicted octanol–water partition coefficient (Wildman–Crippen LogP) is 4.73. The lowest BCUT2D eigenvalue weighted by atomic mass is 9.83. The van der Waals surface area contributed by atoms with E-state index in [2.05, 4.69) is 6.08 Å². The smallest absolute Gasteiger partial charge is 0.410 e. The summed E-state index contributed by atoms with van der Waals surface area (Å²) < 4.78 is 5.58. The average molecular weight is 377 g/mol. The number of hydrogen-bond acceptors (Lipinski definition) is 3. The van der Waals surface area contributed by atoms with Crippen molar-refractivity contribution < 1.29 is 19.4 Å².